The van der Waals surface area contributed by atoms with E-state index >= 15 is 0 Å². The van der Waals surface area contributed by atoms with Gasteiger partial charge in [-0.1, -0.05) is 18.2 Å². The zero-order valence-corrected chi connectivity index (χ0v) is 10.9. The summed E-state index contributed by atoms with van der Waals surface area (Å²) in [6, 6.07) is 1.95. The van der Waals surface area contributed by atoms with Gasteiger partial charge in [0.05, 0.1) is 11.1 Å². The third-order valence-corrected chi connectivity index (χ3v) is 3.59. The first-order valence-electron chi connectivity index (χ1n) is 6.01. The third kappa shape index (κ3) is 1.93. The average molecular weight is 306 g/mol. The van der Waals surface area contributed by atoms with Gasteiger partial charge in [0, 0.05) is 0 Å². The highest BCUT2D eigenvalue weighted by atomic mass is 16.4. The molecule has 8 heteroatoms. The van der Waals surface area contributed by atoms with Crippen molar-refractivity contribution in [3.05, 3.63) is 40.5 Å². The number of carboxylic acids is 4. The van der Waals surface area contributed by atoms with Gasteiger partial charge in [-0.2, -0.15) is 0 Å². The smallest absolute Gasteiger partial charge is 0.337 e. The average Bonchev–Trinajstić information content (AvgIpc) is 2.44. The third-order valence-electron chi connectivity index (χ3n) is 3.59. The summed E-state index contributed by atoms with van der Waals surface area (Å²) in [7, 11) is 0. The molecular weight excluding hydrogens is 296 g/mol. The molecule has 0 bridgehead atoms. The van der Waals surface area contributed by atoms with Crippen molar-refractivity contribution in [2.75, 3.05) is 0 Å². The Morgan fingerprint density at radius 3 is 1.95 bits per heavy atom. The molecule has 0 radical (unpaired) electrons. The standard InChI is InChI=1S/C14H10O8/c15-10(16)7-3-4-8-6(9(7)11(17)18)2-1-5-14(8,12(19)20)13(21)22/h1-4H,5H2,(H,15,16)(H,17,18)(H,19,20)(H,21,22). The molecule has 0 saturated heterocycles. The van der Waals surface area contributed by atoms with E-state index in [4.69, 9.17) is 5.11 Å². The molecule has 114 valence electrons. The summed E-state index contributed by atoms with van der Waals surface area (Å²) >= 11 is 0. The molecule has 0 aliphatic heterocycles. The Labute approximate surface area is 122 Å². The van der Waals surface area contributed by atoms with Crippen LogP contribution in [-0.4, -0.2) is 44.3 Å². The first-order valence-corrected chi connectivity index (χ1v) is 6.01. The number of hydrogen-bond acceptors (Lipinski definition) is 4. The molecule has 1 aromatic rings. The second kappa shape index (κ2) is 4.99. The highest BCUT2D eigenvalue weighted by molar-refractivity contribution is 6.10. The van der Waals surface area contributed by atoms with Crippen molar-refractivity contribution in [3.63, 3.8) is 0 Å². The van der Waals surface area contributed by atoms with Gasteiger partial charge in [0.2, 0.25) is 0 Å². The lowest BCUT2D eigenvalue weighted by molar-refractivity contribution is -0.157. The Bertz CT molecular complexity index is 729. The number of fused-ring (bicyclic) bond motifs is 1. The van der Waals surface area contributed by atoms with Crippen LogP contribution in [0.2, 0.25) is 0 Å². The molecular formula is C14H10O8. The Morgan fingerprint density at radius 2 is 1.50 bits per heavy atom. The molecule has 1 aliphatic rings. The minimum Gasteiger partial charge on any atom is -0.480 e. The second-order valence-corrected chi connectivity index (χ2v) is 4.68. The number of aliphatic carboxylic acids is 2. The van der Waals surface area contributed by atoms with Crippen molar-refractivity contribution in [2.45, 2.75) is 11.8 Å². The zero-order chi connectivity index (χ0) is 16.7. The normalized spacial score (nSPS) is 14.9. The molecule has 0 aromatic heterocycles. The number of carbonyl (C=O) groups is 4. The molecule has 0 amide bonds. The lowest BCUT2D eigenvalue weighted by atomic mass is 9.71. The number of aromatic carboxylic acids is 2. The summed E-state index contributed by atoms with van der Waals surface area (Å²) in [6.07, 6.45) is 2.08. The molecule has 0 unspecified atom stereocenters. The Morgan fingerprint density at radius 1 is 0.909 bits per heavy atom. The lowest BCUT2D eigenvalue weighted by Crippen LogP contribution is -2.45. The van der Waals surface area contributed by atoms with E-state index in [1.54, 1.807) is 0 Å². The summed E-state index contributed by atoms with van der Waals surface area (Å²) in [6.45, 7) is 0. The van der Waals surface area contributed by atoms with E-state index in [1.165, 1.54) is 12.2 Å². The fourth-order valence-electron chi connectivity index (χ4n) is 2.53. The van der Waals surface area contributed by atoms with Crippen LogP contribution in [-0.2, 0) is 15.0 Å². The highest BCUT2D eigenvalue weighted by Gasteiger charge is 2.50. The molecule has 2 rings (SSSR count). The van der Waals surface area contributed by atoms with E-state index in [0.29, 0.717) is 0 Å². The summed E-state index contributed by atoms with van der Waals surface area (Å²) in [5, 5.41) is 36.9. The van der Waals surface area contributed by atoms with Crippen LogP contribution in [0, 0.1) is 0 Å². The molecule has 1 aromatic carbocycles. The van der Waals surface area contributed by atoms with Crippen molar-refractivity contribution in [1.82, 2.24) is 0 Å². The lowest BCUT2D eigenvalue weighted by Gasteiger charge is -2.29. The number of allylic oxidation sites excluding steroid dienone is 1. The fourth-order valence-corrected chi connectivity index (χ4v) is 2.53. The Kier molecular flexibility index (Phi) is 3.46. The van der Waals surface area contributed by atoms with Crippen LogP contribution < -0.4 is 0 Å². The van der Waals surface area contributed by atoms with Gasteiger partial charge in [-0.25, -0.2) is 9.59 Å². The van der Waals surface area contributed by atoms with Crippen LogP contribution in [0.25, 0.3) is 6.08 Å². The van der Waals surface area contributed by atoms with Crippen LogP contribution in [0.5, 0.6) is 0 Å². The molecule has 22 heavy (non-hydrogen) atoms. The van der Waals surface area contributed by atoms with Gasteiger partial charge in [0.25, 0.3) is 0 Å². The maximum Gasteiger partial charge on any atom is 0.337 e. The van der Waals surface area contributed by atoms with Gasteiger partial charge in [-0.15, -0.1) is 0 Å². The summed E-state index contributed by atoms with van der Waals surface area (Å²) in [5.74, 6) is -6.38. The summed E-state index contributed by atoms with van der Waals surface area (Å²) in [5.41, 5.74) is -3.98. The minimum atomic E-state index is -2.34. The molecule has 0 fully saturated rings. The van der Waals surface area contributed by atoms with Crippen LogP contribution in [0.4, 0.5) is 0 Å². The van der Waals surface area contributed by atoms with Crippen LogP contribution in [0.3, 0.4) is 0 Å². The van der Waals surface area contributed by atoms with Gasteiger partial charge in [0.1, 0.15) is 0 Å². The highest BCUT2D eigenvalue weighted by Crippen LogP contribution is 2.39. The van der Waals surface area contributed by atoms with Gasteiger partial charge in [0.15, 0.2) is 5.41 Å². The molecule has 0 heterocycles. The maximum atomic E-state index is 11.5. The van der Waals surface area contributed by atoms with E-state index in [1.807, 2.05) is 0 Å². The summed E-state index contributed by atoms with van der Waals surface area (Å²) in [4.78, 5) is 45.5. The van der Waals surface area contributed by atoms with E-state index in [-0.39, 0.29) is 17.5 Å². The Balaban J connectivity index is 2.90. The van der Waals surface area contributed by atoms with Crippen LogP contribution in [0.1, 0.15) is 38.3 Å². The fraction of sp³-hybridized carbons (Fsp3) is 0.143. The second-order valence-electron chi connectivity index (χ2n) is 4.68. The largest absolute Gasteiger partial charge is 0.480 e. The van der Waals surface area contributed by atoms with E-state index in [9.17, 15) is 34.5 Å². The van der Waals surface area contributed by atoms with E-state index in [2.05, 4.69) is 0 Å². The number of benzene rings is 1. The quantitative estimate of drug-likeness (QED) is 0.599. The molecule has 0 spiro atoms. The minimum absolute atomic E-state index is 0.219. The molecule has 4 N–H and O–H groups in total. The van der Waals surface area contributed by atoms with E-state index < -0.39 is 40.4 Å². The van der Waals surface area contributed by atoms with Gasteiger partial charge in [-0.05, 0) is 23.6 Å². The van der Waals surface area contributed by atoms with Crippen molar-refractivity contribution in [3.8, 4) is 0 Å². The predicted molar refractivity (Wildman–Crippen MR) is 71.0 cm³/mol. The predicted octanol–water partition coefficient (Wildman–Crippen LogP) is 0.907. The molecule has 1 aliphatic carbocycles. The van der Waals surface area contributed by atoms with Crippen LogP contribution >= 0.6 is 0 Å². The molecule has 8 nitrogen and oxygen atoms in total. The SMILES string of the molecule is O=C(O)c1ccc2c(c1C(=O)O)C=CCC2(C(=O)O)C(=O)O. The van der Waals surface area contributed by atoms with Gasteiger partial charge >= 0.3 is 23.9 Å². The topological polar surface area (TPSA) is 149 Å². The van der Waals surface area contributed by atoms with Crippen molar-refractivity contribution in [1.29, 1.82) is 0 Å². The zero-order valence-electron chi connectivity index (χ0n) is 10.9. The van der Waals surface area contributed by atoms with E-state index in [0.717, 1.165) is 12.1 Å². The van der Waals surface area contributed by atoms with Gasteiger partial charge in [-0.3, -0.25) is 9.59 Å². The number of hydrogen-bond donors (Lipinski definition) is 4. The van der Waals surface area contributed by atoms with Crippen molar-refractivity contribution in [2.24, 2.45) is 0 Å². The first-order chi connectivity index (χ1) is 10.2. The number of carboxylic acid groups (broad SMARTS) is 4. The van der Waals surface area contributed by atoms with Crippen molar-refractivity contribution < 1.29 is 39.6 Å². The molecule has 0 saturated carbocycles. The molecule has 0 atom stereocenters. The summed E-state index contributed by atoms with van der Waals surface area (Å²) < 4.78 is 0. The van der Waals surface area contributed by atoms with Crippen molar-refractivity contribution >= 4 is 30.0 Å². The van der Waals surface area contributed by atoms with Gasteiger partial charge < -0.3 is 20.4 Å². The monoisotopic (exact) mass is 306 g/mol. The number of rotatable bonds is 4. The maximum absolute atomic E-state index is 11.5. The van der Waals surface area contributed by atoms with Crippen LogP contribution in [0.15, 0.2) is 18.2 Å². The first kappa shape index (κ1) is 15.2. The Hall–Kier alpha value is -3.16.